The topological polar surface area (TPSA) is 66.4 Å². The van der Waals surface area contributed by atoms with E-state index in [-0.39, 0.29) is 11.5 Å². The van der Waals surface area contributed by atoms with Crippen molar-refractivity contribution in [2.24, 2.45) is 0 Å². The molecule has 0 saturated heterocycles. The van der Waals surface area contributed by atoms with Crippen LogP contribution in [-0.2, 0) is 4.79 Å². The van der Waals surface area contributed by atoms with Gasteiger partial charge in [-0.05, 0) is 37.5 Å². The van der Waals surface area contributed by atoms with Gasteiger partial charge in [-0.2, -0.15) is 0 Å². The number of aryl methyl sites for hydroxylation is 2. The second-order valence-electron chi connectivity index (χ2n) is 4.19. The quantitative estimate of drug-likeness (QED) is 0.786. The Labute approximate surface area is 106 Å². The monoisotopic (exact) mass is 247 g/mol. The third-order valence-electron chi connectivity index (χ3n) is 2.55. The van der Waals surface area contributed by atoms with Gasteiger partial charge in [-0.15, -0.1) is 6.58 Å². The fraction of sp³-hybridized carbons (Fsp3) is 0.286. The first-order valence-electron chi connectivity index (χ1n) is 5.71. The van der Waals surface area contributed by atoms with Crippen molar-refractivity contribution >= 4 is 17.6 Å². The van der Waals surface area contributed by atoms with E-state index in [0.717, 1.165) is 11.1 Å². The van der Waals surface area contributed by atoms with Crippen molar-refractivity contribution in [3.05, 3.63) is 41.5 Å². The largest absolute Gasteiger partial charge is 0.478 e. The van der Waals surface area contributed by atoms with E-state index in [1.54, 1.807) is 19.1 Å². The first-order valence-corrected chi connectivity index (χ1v) is 5.71. The van der Waals surface area contributed by atoms with Crippen LogP contribution in [0, 0.1) is 13.8 Å². The van der Waals surface area contributed by atoms with Crippen LogP contribution >= 0.6 is 0 Å². The fourth-order valence-corrected chi connectivity index (χ4v) is 1.74. The van der Waals surface area contributed by atoms with Crippen LogP contribution in [0.1, 0.15) is 34.3 Å². The van der Waals surface area contributed by atoms with Crippen LogP contribution in [0.5, 0.6) is 0 Å². The van der Waals surface area contributed by atoms with Crippen LogP contribution in [0.15, 0.2) is 24.8 Å². The molecule has 0 radical (unpaired) electrons. The predicted molar refractivity (Wildman–Crippen MR) is 70.9 cm³/mol. The van der Waals surface area contributed by atoms with Crippen LogP contribution in [-0.4, -0.2) is 17.0 Å². The van der Waals surface area contributed by atoms with Crippen molar-refractivity contribution in [1.82, 2.24) is 0 Å². The maximum atomic E-state index is 11.6. The van der Waals surface area contributed by atoms with Crippen molar-refractivity contribution in [2.45, 2.75) is 26.7 Å². The minimum Gasteiger partial charge on any atom is -0.478 e. The lowest BCUT2D eigenvalue weighted by Gasteiger charge is -2.12. The molecule has 1 amide bonds. The van der Waals surface area contributed by atoms with Gasteiger partial charge >= 0.3 is 5.97 Å². The lowest BCUT2D eigenvalue weighted by atomic mass is 10.0. The summed E-state index contributed by atoms with van der Waals surface area (Å²) in [6, 6.07) is 3.40. The summed E-state index contributed by atoms with van der Waals surface area (Å²) in [6.07, 6.45) is 2.52. The van der Waals surface area contributed by atoms with E-state index in [1.807, 2.05) is 13.0 Å². The Hall–Kier alpha value is -2.10. The molecule has 0 atom stereocenters. The molecule has 0 aromatic heterocycles. The lowest BCUT2D eigenvalue weighted by Crippen LogP contribution is -2.15. The highest BCUT2D eigenvalue weighted by atomic mass is 16.4. The van der Waals surface area contributed by atoms with E-state index in [2.05, 4.69) is 11.9 Å². The van der Waals surface area contributed by atoms with Crippen molar-refractivity contribution in [1.29, 1.82) is 0 Å². The molecule has 0 saturated carbocycles. The normalized spacial score (nSPS) is 9.89. The number of benzene rings is 1. The molecule has 0 aliphatic heterocycles. The number of nitrogens with one attached hydrogen (secondary N) is 1. The van der Waals surface area contributed by atoms with Gasteiger partial charge in [0.05, 0.1) is 11.3 Å². The molecule has 4 heteroatoms. The van der Waals surface area contributed by atoms with Crippen molar-refractivity contribution in [3.63, 3.8) is 0 Å². The summed E-state index contributed by atoms with van der Waals surface area (Å²) in [6.45, 7) is 7.14. The number of anilines is 1. The first-order chi connectivity index (χ1) is 8.45. The minimum absolute atomic E-state index is 0.124. The molecule has 0 spiro atoms. The number of aromatic carboxylic acids is 1. The molecule has 0 unspecified atom stereocenters. The smallest absolute Gasteiger partial charge is 0.337 e. The van der Waals surface area contributed by atoms with Gasteiger partial charge < -0.3 is 10.4 Å². The number of carboxylic acid groups (broad SMARTS) is 1. The molecule has 4 nitrogen and oxygen atoms in total. The lowest BCUT2D eigenvalue weighted by molar-refractivity contribution is -0.116. The van der Waals surface area contributed by atoms with E-state index < -0.39 is 5.97 Å². The average molecular weight is 247 g/mol. The summed E-state index contributed by atoms with van der Waals surface area (Å²) in [5.41, 5.74) is 2.11. The SMILES string of the molecule is C=CCCC(=O)Nc1c(C)cc(C)cc1C(=O)O. The van der Waals surface area contributed by atoms with Gasteiger partial charge in [0.1, 0.15) is 0 Å². The van der Waals surface area contributed by atoms with E-state index in [9.17, 15) is 9.59 Å². The predicted octanol–water partition coefficient (Wildman–Crippen LogP) is 2.91. The number of hydrogen-bond donors (Lipinski definition) is 2. The van der Waals surface area contributed by atoms with Crippen LogP contribution in [0.4, 0.5) is 5.69 Å². The molecule has 18 heavy (non-hydrogen) atoms. The molecule has 1 rings (SSSR count). The molecule has 0 bridgehead atoms. The highest BCUT2D eigenvalue weighted by Gasteiger charge is 2.15. The Morgan fingerprint density at radius 3 is 2.61 bits per heavy atom. The summed E-state index contributed by atoms with van der Waals surface area (Å²) in [5, 5.41) is 11.8. The highest BCUT2D eigenvalue weighted by Crippen LogP contribution is 2.23. The summed E-state index contributed by atoms with van der Waals surface area (Å²) in [5.74, 6) is -1.25. The van der Waals surface area contributed by atoms with Gasteiger partial charge in [0.2, 0.25) is 5.91 Å². The molecule has 1 aromatic rings. The van der Waals surface area contributed by atoms with Gasteiger partial charge in [0.25, 0.3) is 0 Å². The van der Waals surface area contributed by atoms with E-state index in [0.29, 0.717) is 18.5 Å². The molecule has 0 heterocycles. The summed E-state index contributed by atoms with van der Waals surface area (Å²) in [4.78, 5) is 22.8. The van der Waals surface area contributed by atoms with Gasteiger partial charge in [0.15, 0.2) is 0 Å². The first kappa shape index (κ1) is 14.0. The van der Waals surface area contributed by atoms with Gasteiger partial charge in [0, 0.05) is 6.42 Å². The van der Waals surface area contributed by atoms with E-state index in [4.69, 9.17) is 5.11 Å². The van der Waals surface area contributed by atoms with Crippen molar-refractivity contribution < 1.29 is 14.7 Å². The van der Waals surface area contributed by atoms with Crippen LogP contribution in [0.2, 0.25) is 0 Å². The van der Waals surface area contributed by atoms with Crippen LogP contribution < -0.4 is 5.32 Å². The maximum absolute atomic E-state index is 11.6. The van der Waals surface area contributed by atoms with E-state index >= 15 is 0 Å². The van der Waals surface area contributed by atoms with E-state index in [1.165, 1.54) is 0 Å². The molecule has 1 aromatic carbocycles. The van der Waals surface area contributed by atoms with Crippen LogP contribution in [0.25, 0.3) is 0 Å². The molecule has 0 fully saturated rings. The Morgan fingerprint density at radius 1 is 1.39 bits per heavy atom. The molecule has 0 aliphatic carbocycles. The molecular weight excluding hydrogens is 230 g/mol. The number of carbonyl (C=O) groups is 2. The zero-order valence-electron chi connectivity index (χ0n) is 10.6. The second-order valence-corrected chi connectivity index (χ2v) is 4.19. The second kappa shape index (κ2) is 6.00. The zero-order valence-corrected chi connectivity index (χ0v) is 10.6. The number of carboxylic acids is 1. The maximum Gasteiger partial charge on any atom is 0.337 e. The summed E-state index contributed by atoms with van der Waals surface area (Å²) in [7, 11) is 0. The number of amides is 1. The van der Waals surface area contributed by atoms with Crippen LogP contribution in [0.3, 0.4) is 0 Å². The number of rotatable bonds is 5. The highest BCUT2D eigenvalue weighted by molar-refractivity contribution is 6.01. The molecule has 0 aliphatic rings. The number of hydrogen-bond acceptors (Lipinski definition) is 2. The Balaban J connectivity index is 3.03. The standard InChI is InChI=1S/C14H17NO3/c1-4-5-6-12(16)15-13-10(3)7-9(2)8-11(13)14(17)18/h4,7-8H,1,5-6H2,2-3H3,(H,15,16)(H,17,18). The third-order valence-corrected chi connectivity index (χ3v) is 2.55. The Morgan fingerprint density at radius 2 is 2.06 bits per heavy atom. The average Bonchev–Trinajstić information content (AvgIpc) is 2.29. The minimum atomic E-state index is -1.04. The summed E-state index contributed by atoms with van der Waals surface area (Å²) >= 11 is 0. The van der Waals surface area contributed by atoms with Gasteiger partial charge in [-0.3, -0.25) is 4.79 Å². The zero-order chi connectivity index (χ0) is 13.7. The number of carbonyl (C=O) groups excluding carboxylic acids is 1. The molecule has 96 valence electrons. The molecule has 2 N–H and O–H groups in total. The van der Waals surface area contributed by atoms with Gasteiger partial charge in [-0.1, -0.05) is 12.1 Å². The number of allylic oxidation sites excluding steroid dienone is 1. The van der Waals surface area contributed by atoms with Crippen molar-refractivity contribution in [3.8, 4) is 0 Å². The summed E-state index contributed by atoms with van der Waals surface area (Å²) < 4.78 is 0. The fourth-order valence-electron chi connectivity index (χ4n) is 1.74. The Bertz CT molecular complexity index is 492. The third kappa shape index (κ3) is 3.45. The van der Waals surface area contributed by atoms with Gasteiger partial charge in [-0.25, -0.2) is 4.79 Å². The molecular formula is C14H17NO3. The Kier molecular flexibility index (Phi) is 4.66. The van der Waals surface area contributed by atoms with Crippen molar-refractivity contribution in [2.75, 3.05) is 5.32 Å².